The molecule has 0 amide bonds. The quantitative estimate of drug-likeness (QED) is 0.714. The van der Waals surface area contributed by atoms with Gasteiger partial charge in [-0.25, -0.2) is 19.2 Å². The topological polar surface area (TPSA) is 64.1 Å². The molecule has 0 saturated heterocycles. The summed E-state index contributed by atoms with van der Waals surface area (Å²) in [6, 6.07) is 9.59. The van der Waals surface area contributed by atoms with Crippen LogP contribution >= 0.6 is 0 Å². The standard InChI is InChI=1S/C19H18FN3O2/c1-11(2)25-19(24)16-10-21-18-15(9-4-12(3)22-18)17(16)23-14-7-5-13(20)6-8-14/h4-11H,1-3H3,(H,21,22,23). The van der Waals surface area contributed by atoms with E-state index in [-0.39, 0.29) is 11.9 Å². The molecular weight excluding hydrogens is 321 g/mol. The number of carbonyl (C=O) groups is 1. The zero-order chi connectivity index (χ0) is 18.0. The van der Waals surface area contributed by atoms with Gasteiger partial charge in [0.15, 0.2) is 5.65 Å². The van der Waals surface area contributed by atoms with E-state index in [1.165, 1.54) is 18.3 Å². The third-order valence-electron chi connectivity index (χ3n) is 3.55. The summed E-state index contributed by atoms with van der Waals surface area (Å²) in [5, 5.41) is 3.86. The van der Waals surface area contributed by atoms with Crippen LogP contribution in [0.2, 0.25) is 0 Å². The minimum Gasteiger partial charge on any atom is -0.459 e. The molecule has 2 aromatic heterocycles. The number of carbonyl (C=O) groups excluding carboxylic acids is 1. The predicted molar refractivity (Wildman–Crippen MR) is 94.5 cm³/mol. The lowest BCUT2D eigenvalue weighted by molar-refractivity contribution is 0.0379. The number of nitrogens with one attached hydrogen (secondary N) is 1. The summed E-state index contributed by atoms with van der Waals surface area (Å²) in [5.74, 6) is -0.809. The molecule has 0 unspecified atom stereocenters. The molecule has 0 aliphatic heterocycles. The normalized spacial score (nSPS) is 10.9. The molecule has 3 rings (SSSR count). The molecule has 5 nitrogen and oxygen atoms in total. The second-order valence-corrected chi connectivity index (χ2v) is 5.96. The number of hydrogen-bond donors (Lipinski definition) is 1. The van der Waals surface area contributed by atoms with Gasteiger partial charge in [0.2, 0.25) is 0 Å². The summed E-state index contributed by atoms with van der Waals surface area (Å²) in [6.45, 7) is 5.43. The Labute approximate surface area is 144 Å². The van der Waals surface area contributed by atoms with Gasteiger partial charge in [0.1, 0.15) is 11.4 Å². The number of halogens is 1. The number of rotatable bonds is 4. The van der Waals surface area contributed by atoms with Gasteiger partial charge < -0.3 is 10.1 Å². The van der Waals surface area contributed by atoms with E-state index in [0.717, 1.165) is 5.69 Å². The lowest BCUT2D eigenvalue weighted by Crippen LogP contribution is -2.14. The molecule has 6 heteroatoms. The number of fused-ring (bicyclic) bond motifs is 1. The molecule has 2 heterocycles. The van der Waals surface area contributed by atoms with Crippen molar-refractivity contribution in [1.29, 1.82) is 0 Å². The first-order valence-electron chi connectivity index (χ1n) is 7.94. The van der Waals surface area contributed by atoms with Gasteiger partial charge in [0.25, 0.3) is 0 Å². The SMILES string of the molecule is Cc1ccc2c(Nc3ccc(F)cc3)c(C(=O)OC(C)C)cnc2n1. The Kier molecular flexibility index (Phi) is 4.61. The number of aromatic nitrogens is 2. The number of esters is 1. The van der Waals surface area contributed by atoms with Crippen molar-refractivity contribution in [2.75, 3.05) is 5.32 Å². The van der Waals surface area contributed by atoms with Crippen molar-refractivity contribution in [1.82, 2.24) is 9.97 Å². The molecule has 25 heavy (non-hydrogen) atoms. The largest absolute Gasteiger partial charge is 0.459 e. The van der Waals surface area contributed by atoms with Crippen LogP contribution in [-0.4, -0.2) is 22.0 Å². The van der Waals surface area contributed by atoms with E-state index in [4.69, 9.17) is 4.74 Å². The number of aryl methyl sites for hydroxylation is 1. The Morgan fingerprint density at radius 3 is 2.56 bits per heavy atom. The van der Waals surface area contributed by atoms with Crippen LogP contribution < -0.4 is 5.32 Å². The Morgan fingerprint density at radius 2 is 1.88 bits per heavy atom. The van der Waals surface area contributed by atoms with Crippen molar-refractivity contribution < 1.29 is 13.9 Å². The Hall–Kier alpha value is -3.02. The number of benzene rings is 1. The van der Waals surface area contributed by atoms with Gasteiger partial charge in [-0.1, -0.05) is 0 Å². The average molecular weight is 339 g/mol. The average Bonchev–Trinajstić information content (AvgIpc) is 2.56. The number of anilines is 2. The first-order chi connectivity index (χ1) is 11.9. The van der Waals surface area contributed by atoms with Crippen molar-refractivity contribution in [3.05, 3.63) is 59.7 Å². The van der Waals surface area contributed by atoms with Gasteiger partial charge in [-0.05, 0) is 57.2 Å². The fourth-order valence-corrected chi connectivity index (χ4v) is 2.42. The van der Waals surface area contributed by atoms with Gasteiger partial charge in [0, 0.05) is 23.0 Å². The minimum absolute atomic E-state index is 0.252. The molecule has 1 aromatic carbocycles. The van der Waals surface area contributed by atoms with E-state index in [1.807, 2.05) is 19.1 Å². The highest BCUT2D eigenvalue weighted by molar-refractivity contribution is 6.05. The van der Waals surface area contributed by atoms with Gasteiger partial charge in [-0.2, -0.15) is 0 Å². The highest BCUT2D eigenvalue weighted by atomic mass is 19.1. The molecule has 0 aliphatic carbocycles. The number of pyridine rings is 2. The van der Waals surface area contributed by atoms with Gasteiger partial charge in [-0.3, -0.25) is 0 Å². The van der Waals surface area contributed by atoms with Crippen LogP contribution in [0.25, 0.3) is 11.0 Å². The number of hydrogen-bond acceptors (Lipinski definition) is 5. The first-order valence-corrected chi connectivity index (χ1v) is 7.94. The highest BCUT2D eigenvalue weighted by Crippen LogP contribution is 2.29. The molecular formula is C19H18FN3O2. The summed E-state index contributed by atoms with van der Waals surface area (Å²) in [6.07, 6.45) is 1.20. The minimum atomic E-state index is -0.477. The molecule has 0 aliphatic rings. The second-order valence-electron chi connectivity index (χ2n) is 5.96. The summed E-state index contributed by atoms with van der Waals surface area (Å²) in [5.41, 5.74) is 2.83. The van der Waals surface area contributed by atoms with E-state index in [9.17, 15) is 9.18 Å². The zero-order valence-corrected chi connectivity index (χ0v) is 14.2. The predicted octanol–water partition coefficient (Wildman–Crippen LogP) is 4.39. The molecule has 1 N–H and O–H groups in total. The van der Waals surface area contributed by atoms with Crippen LogP contribution in [0.5, 0.6) is 0 Å². The van der Waals surface area contributed by atoms with E-state index in [1.54, 1.807) is 26.0 Å². The summed E-state index contributed by atoms with van der Waals surface area (Å²) < 4.78 is 18.5. The van der Waals surface area contributed by atoms with E-state index < -0.39 is 5.97 Å². The molecule has 0 radical (unpaired) electrons. The zero-order valence-electron chi connectivity index (χ0n) is 14.2. The van der Waals surface area contributed by atoms with Crippen molar-refractivity contribution in [3.8, 4) is 0 Å². The molecule has 0 bridgehead atoms. The third kappa shape index (κ3) is 3.74. The van der Waals surface area contributed by atoms with Crippen molar-refractivity contribution >= 4 is 28.4 Å². The van der Waals surface area contributed by atoms with Crippen LogP contribution in [0.1, 0.15) is 29.9 Å². The van der Waals surface area contributed by atoms with Crippen LogP contribution in [0.4, 0.5) is 15.8 Å². The van der Waals surface area contributed by atoms with Gasteiger partial charge in [0.05, 0.1) is 11.8 Å². The van der Waals surface area contributed by atoms with E-state index in [2.05, 4.69) is 15.3 Å². The third-order valence-corrected chi connectivity index (χ3v) is 3.55. The summed E-state index contributed by atoms with van der Waals surface area (Å²) >= 11 is 0. The summed E-state index contributed by atoms with van der Waals surface area (Å²) in [7, 11) is 0. The molecule has 0 atom stereocenters. The van der Waals surface area contributed by atoms with Crippen LogP contribution in [-0.2, 0) is 4.74 Å². The van der Waals surface area contributed by atoms with Crippen LogP contribution in [0.3, 0.4) is 0 Å². The second kappa shape index (κ2) is 6.84. The van der Waals surface area contributed by atoms with Crippen molar-refractivity contribution in [2.24, 2.45) is 0 Å². The van der Waals surface area contributed by atoms with Crippen LogP contribution in [0, 0.1) is 12.7 Å². The molecule has 128 valence electrons. The van der Waals surface area contributed by atoms with E-state index in [0.29, 0.717) is 28.0 Å². The maximum Gasteiger partial charge on any atom is 0.342 e. The smallest absolute Gasteiger partial charge is 0.342 e. The van der Waals surface area contributed by atoms with Gasteiger partial charge >= 0.3 is 5.97 Å². The lowest BCUT2D eigenvalue weighted by atomic mass is 10.1. The fraction of sp³-hybridized carbons (Fsp3) is 0.211. The molecule has 0 spiro atoms. The Bertz CT molecular complexity index is 924. The molecule has 0 fully saturated rings. The Morgan fingerprint density at radius 1 is 1.16 bits per heavy atom. The van der Waals surface area contributed by atoms with Crippen molar-refractivity contribution in [2.45, 2.75) is 26.9 Å². The van der Waals surface area contributed by atoms with Gasteiger partial charge in [-0.15, -0.1) is 0 Å². The lowest BCUT2D eigenvalue weighted by Gasteiger charge is -2.15. The maximum absolute atomic E-state index is 13.2. The number of ether oxygens (including phenoxy) is 1. The first kappa shape index (κ1) is 16.8. The fourth-order valence-electron chi connectivity index (χ4n) is 2.42. The molecule has 0 saturated carbocycles. The maximum atomic E-state index is 13.2. The number of nitrogens with zero attached hydrogens (tertiary/aromatic N) is 2. The molecule has 3 aromatic rings. The Balaban J connectivity index is 2.12. The highest BCUT2D eigenvalue weighted by Gasteiger charge is 2.19. The van der Waals surface area contributed by atoms with Crippen LogP contribution in [0.15, 0.2) is 42.6 Å². The van der Waals surface area contributed by atoms with Crippen molar-refractivity contribution in [3.63, 3.8) is 0 Å². The van der Waals surface area contributed by atoms with E-state index >= 15 is 0 Å². The monoisotopic (exact) mass is 339 g/mol. The summed E-state index contributed by atoms with van der Waals surface area (Å²) in [4.78, 5) is 21.1.